The second-order valence-corrected chi connectivity index (χ2v) is 11.0. The first-order valence-corrected chi connectivity index (χ1v) is 13.5. The molecule has 0 aliphatic heterocycles. The normalized spacial score (nSPS) is 19.1. The molecule has 0 saturated heterocycles. The van der Waals surface area contributed by atoms with Gasteiger partial charge in [-0.2, -0.15) is 10.1 Å². The monoisotopic (exact) mass is 509 g/mol. The quantitative estimate of drug-likeness (QED) is 0.296. The Labute approximate surface area is 215 Å². The lowest BCUT2D eigenvalue weighted by molar-refractivity contribution is -0.147. The predicted octanol–water partition coefficient (Wildman–Crippen LogP) is 6.02. The Morgan fingerprint density at radius 2 is 1.89 bits per heavy atom. The van der Waals surface area contributed by atoms with Crippen molar-refractivity contribution in [3.8, 4) is 11.5 Å². The molecule has 2 heterocycles. The highest BCUT2D eigenvalue weighted by atomic mass is 19.3. The van der Waals surface area contributed by atoms with Gasteiger partial charge in [0.25, 0.3) is 5.89 Å². The fourth-order valence-corrected chi connectivity index (χ4v) is 5.27. The van der Waals surface area contributed by atoms with Crippen LogP contribution >= 0.6 is 0 Å². The summed E-state index contributed by atoms with van der Waals surface area (Å²) in [6.45, 7) is 0.483. The third kappa shape index (κ3) is 5.45. The molecule has 0 atom stereocenters. The molecule has 0 spiro atoms. The van der Waals surface area contributed by atoms with Crippen molar-refractivity contribution in [2.75, 3.05) is 11.4 Å². The molecule has 9 heteroatoms. The number of amides is 1. The number of halogens is 2. The molecule has 7 nitrogen and oxygen atoms in total. The predicted molar refractivity (Wildman–Crippen MR) is 134 cm³/mol. The first kappa shape index (κ1) is 24.2. The maximum atomic E-state index is 13.6. The van der Waals surface area contributed by atoms with E-state index < -0.39 is 11.8 Å². The Morgan fingerprint density at radius 3 is 2.62 bits per heavy atom. The number of anilines is 1. The highest BCUT2D eigenvalue weighted by Crippen LogP contribution is 2.44. The van der Waals surface area contributed by atoms with Crippen molar-refractivity contribution in [2.24, 2.45) is 13.0 Å². The van der Waals surface area contributed by atoms with Crippen molar-refractivity contribution in [1.82, 2.24) is 19.9 Å². The summed E-state index contributed by atoms with van der Waals surface area (Å²) in [4.78, 5) is 19.5. The molecule has 1 aromatic carbocycles. The summed E-state index contributed by atoms with van der Waals surface area (Å²) < 4.78 is 34.6. The van der Waals surface area contributed by atoms with Crippen LogP contribution in [0, 0.1) is 5.92 Å². The van der Waals surface area contributed by atoms with Gasteiger partial charge < -0.3 is 9.42 Å². The summed E-state index contributed by atoms with van der Waals surface area (Å²) in [5, 5.41) is 8.74. The smallest absolute Gasteiger partial charge is 0.258 e. The Balaban J connectivity index is 1.11. The molecule has 3 fully saturated rings. The number of hydrogen-bond donors (Lipinski definition) is 0. The second kappa shape index (κ2) is 9.65. The fourth-order valence-electron chi connectivity index (χ4n) is 5.27. The first-order valence-electron chi connectivity index (χ1n) is 13.5. The molecule has 196 valence electrons. The van der Waals surface area contributed by atoms with Gasteiger partial charge in [-0.05, 0) is 69.2 Å². The van der Waals surface area contributed by atoms with Crippen LogP contribution in [0.4, 0.5) is 14.5 Å². The zero-order valence-electron chi connectivity index (χ0n) is 21.2. The van der Waals surface area contributed by atoms with Crippen LogP contribution in [0.2, 0.25) is 0 Å². The molecular weight excluding hydrogens is 476 g/mol. The average molecular weight is 510 g/mol. The number of carbonyl (C=O) groups excluding carboxylic acids is 1. The Morgan fingerprint density at radius 1 is 1.11 bits per heavy atom. The van der Waals surface area contributed by atoms with Crippen LogP contribution in [0.1, 0.15) is 86.8 Å². The van der Waals surface area contributed by atoms with Crippen LogP contribution in [-0.2, 0) is 18.3 Å². The third-order valence-electron chi connectivity index (χ3n) is 7.77. The van der Waals surface area contributed by atoms with Crippen molar-refractivity contribution in [3.05, 3.63) is 47.5 Å². The van der Waals surface area contributed by atoms with E-state index in [-0.39, 0.29) is 18.7 Å². The molecule has 0 N–H and O–H groups in total. The lowest BCUT2D eigenvalue weighted by Gasteiger charge is -2.37. The Kier molecular flexibility index (Phi) is 6.32. The number of hydrogen-bond acceptors (Lipinski definition) is 5. The molecule has 37 heavy (non-hydrogen) atoms. The number of rotatable bonds is 11. The topological polar surface area (TPSA) is 77.1 Å². The van der Waals surface area contributed by atoms with Crippen molar-refractivity contribution in [1.29, 1.82) is 0 Å². The Bertz CT molecular complexity index is 1270. The van der Waals surface area contributed by atoms with Gasteiger partial charge in [0.1, 0.15) is 0 Å². The highest BCUT2D eigenvalue weighted by Gasteiger charge is 2.50. The number of benzene rings is 1. The number of aryl methyl sites for hydroxylation is 2. The van der Waals surface area contributed by atoms with Gasteiger partial charge in [0.05, 0.1) is 5.69 Å². The zero-order valence-corrected chi connectivity index (χ0v) is 21.2. The minimum absolute atomic E-state index is 0.230. The van der Waals surface area contributed by atoms with Crippen LogP contribution in [-0.4, -0.2) is 38.3 Å². The van der Waals surface area contributed by atoms with Crippen LogP contribution in [0.25, 0.3) is 11.5 Å². The minimum Gasteiger partial charge on any atom is -0.334 e. The maximum absolute atomic E-state index is 13.6. The number of nitrogens with zero attached hydrogens (tertiary/aromatic N) is 5. The molecule has 0 bridgehead atoms. The number of alkyl halides is 2. The van der Waals surface area contributed by atoms with Gasteiger partial charge in [0.2, 0.25) is 11.8 Å². The summed E-state index contributed by atoms with van der Waals surface area (Å²) in [6.07, 6.45) is 7.50. The molecule has 3 aromatic rings. The largest absolute Gasteiger partial charge is 0.334 e. The number of carbonyl (C=O) groups is 1. The molecule has 1 amide bonds. The van der Waals surface area contributed by atoms with Crippen LogP contribution in [0.15, 0.2) is 34.9 Å². The van der Waals surface area contributed by atoms with E-state index in [9.17, 15) is 13.6 Å². The third-order valence-corrected chi connectivity index (χ3v) is 7.77. The standard InChI is InChI=1S/C28H33F2N5O2/c1-34-24(18-9-10-18)15-22(32-34)7-3-2-4-13-35(27(36)21-16-28(29,30)17-21)23-8-5-6-20(14-23)26-31-25(33-37-26)19-11-12-19/h5-6,8,14-15,18-19,21H,2-4,7,9-13,16-17H2,1H3. The van der Waals surface area contributed by atoms with E-state index in [1.165, 1.54) is 18.5 Å². The highest BCUT2D eigenvalue weighted by molar-refractivity contribution is 5.96. The number of aromatic nitrogens is 4. The molecule has 3 aliphatic rings. The van der Waals surface area contributed by atoms with Crippen molar-refractivity contribution in [3.63, 3.8) is 0 Å². The van der Waals surface area contributed by atoms with Gasteiger partial charge in [-0.25, -0.2) is 8.78 Å². The van der Waals surface area contributed by atoms with E-state index in [4.69, 9.17) is 4.52 Å². The van der Waals surface area contributed by atoms with Crippen molar-refractivity contribution >= 4 is 11.6 Å². The van der Waals surface area contributed by atoms with Gasteiger partial charge in [0.15, 0.2) is 5.82 Å². The summed E-state index contributed by atoms with van der Waals surface area (Å²) in [5.74, 6) is -1.41. The fraction of sp³-hybridized carbons (Fsp3) is 0.571. The van der Waals surface area contributed by atoms with Gasteiger partial charge in [-0.3, -0.25) is 9.48 Å². The van der Waals surface area contributed by atoms with Gasteiger partial charge in [-0.15, -0.1) is 0 Å². The van der Waals surface area contributed by atoms with Crippen LogP contribution < -0.4 is 4.90 Å². The van der Waals surface area contributed by atoms with E-state index in [1.807, 2.05) is 36.0 Å². The summed E-state index contributed by atoms with van der Waals surface area (Å²) in [5.41, 5.74) is 3.86. The average Bonchev–Trinajstić information content (AvgIpc) is 3.80. The summed E-state index contributed by atoms with van der Waals surface area (Å²) in [6, 6.07) is 9.65. The molecule has 3 aliphatic carbocycles. The van der Waals surface area contributed by atoms with E-state index >= 15 is 0 Å². The molecule has 0 radical (unpaired) electrons. The van der Waals surface area contributed by atoms with Gasteiger partial charge in [-0.1, -0.05) is 17.6 Å². The summed E-state index contributed by atoms with van der Waals surface area (Å²) in [7, 11) is 2.01. The molecule has 2 aromatic heterocycles. The number of unbranched alkanes of at least 4 members (excludes halogenated alkanes) is 2. The minimum atomic E-state index is -2.74. The second-order valence-electron chi connectivity index (χ2n) is 11.0. The van der Waals surface area contributed by atoms with Crippen LogP contribution in [0.5, 0.6) is 0 Å². The van der Waals surface area contributed by atoms with Crippen molar-refractivity contribution < 1.29 is 18.1 Å². The molecule has 3 saturated carbocycles. The van der Waals surface area contributed by atoms with E-state index in [1.54, 1.807) is 4.90 Å². The Hall–Kier alpha value is -3.10. The zero-order chi connectivity index (χ0) is 25.6. The van der Waals surface area contributed by atoms with E-state index in [0.29, 0.717) is 30.0 Å². The van der Waals surface area contributed by atoms with E-state index in [2.05, 4.69) is 21.3 Å². The van der Waals surface area contributed by atoms with Crippen molar-refractivity contribution in [2.45, 2.75) is 82.0 Å². The lowest BCUT2D eigenvalue weighted by Crippen LogP contribution is -2.47. The van der Waals surface area contributed by atoms with Gasteiger partial charge >= 0.3 is 0 Å². The molecule has 6 rings (SSSR count). The maximum Gasteiger partial charge on any atom is 0.258 e. The van der Waals surface area contributed by atoms with E-state index in [0.717, 1.165) is 55.6 Å². The molecule has 0 unspecified atom stereocenters. The SMILES string of the molecule is Cn1nc(CCCCCN(C(=O)C2CC(F)(F)C2)c2cccc(-c3nc(C4CC4)no3)c2)cc1C1CC1. The lowest BCUT2D eigenvalue weighted by atomic mass is 9.80. The summed E-state index contributed by atoms with van der Waals surface area (Å²) >= 11 is 0. The van der Waals surface area contributed by atoms with Gasteiger partial charge in [0, 0.05) is 61.1 Å². The first-order chi connectivity index (χ1) is 17.9. The van der Waals surface area contributed by atoms with Crippen LogP contribution in [0.3, 0.4) is 0 Å². The molecular formula is C28H33F2N5O2.